The van der Waals surface area contributed by atoms with Crippen molar-refractivity contribution in [2.24, 2.45) is 5.73 Å². The Bertz CT molecular complexity index is 1250. The number of aromatic amines is 1. The third-order valence-corrected chi connectivity index (χ3v) is 6.34. The number of nitrogens with two attached hydrogens (primary N) is 1. The molecule has 5 heterocycles. The molecule has 1 aliphatic heterocycles. The molecule has 158 valence electrons. The molecule has 1 saturated heterocycles. The summed E-state index contributed by atoms with van der Waals surface area (Å²) in [7, 11) is 0. The summed E-state index contributed by atoms with van der Waals surface area (Å²) < 4.78 is 7.47. The average molecular weight is 416 g/mol. The van der Waals surface area contributed by atoms with E-state index < -0.39 is 0 Å². The minimum atomic E-state index is -0.00118. The Kier molecular flexibility index (Phi) is 4.25. The zero-order valence-corrected chi connectivity index (χ0v) is 17.3. The summed E-state index contributed by atoms with van der Waals surface area (Å²) >= 11 is 0. The number of anilines is 1. The fraction of sp³-hybridized carbons (Fsp3) is 0.364. The van der Waals surface area contributed by atoms with E-state index in [2.05, 4.69) is 44.2 Å². The van der Waals surface area contributed by atoms with Gasteiger partial charge < -0.3 is 15.4 Å². The predicted molar refractivity (Wildman–Crippen MR) is 117 cm³/mol. The first-order valence-electron chi connectivity index (χ1n) is 10.7. The van der Waals surface area contributed by atoms with Crippen LogP contribution in [0.3, 0.4) is 0 Å². The normalized spacial score (nSPS) is 21.0. The molecule has 0 bridgehead atoms. The number of pyridine rings is 2. The number of hydrogen-bond acceptors (Lipinski definition) is 7. The number of nitrogens with zero attached hydrogens (tertiary/aromatic N) is 6. The van der Waals surface area contributed by atoms with Crippen LogP contribution in [-0.2, 0) is 11.2 Å². The maximum Gasteiger partial charge on any atom is 0.167 e. The Labute approximate surface area is 179 Å². The number of fused-ring (bicyclic) bond motifs is 2. The molecular formula is C22H24N8O. The van der Waals surface area contributed by atoms with Crippen molar-refractivity contribution in [1.82, 2.24) is 29.9 Å². The van der Waals surface area contributed by atoms with Gasteiger partial charge in [0.1, 0.15) is 5.82 Å². The number of hydrogen-bond donors (Lipinski definition) is 2. The monoisotopic (exact) mass is 416 g/mol. The highest BCUT2D eigenvalue weighted by Crippen LogP contribution is 2.39. The molecule has 2 atom stereocenters. The Balaban J connectivity index is 1.61. The van der Waals surface area contributed by atoms with Crippen molar-refractivity contribution in [2.75, 3.05) is 24.7 Å². The lowest BCUT2D eigenvalue weighted by Gasteiger charge is -2.34. The lowest BCUT2D eigenvalue weighted by molar-refractivity contribution is 0.0986. The summed E-state index contributed by atoms with van der Waals surface area (Å²) in [6.07, 6.45) is 7.32. The van der Waals surface area contributed by atoms with Gasteiger partial charge in [-0.15, -0.1) is 0 Å². The van der Waals surface area contributed by atoms with E-state index in [1.807, 2.05) is 23.1 Å². The van der Waals surface area contributed by atoms with Crippen LogP contribution in [0, 0.1) is 0 Å². The van der Waals surface area contributed by atoms with Gasteiger partial charge in [0, 0.05) is 30.2 Å². The predicted octanol–water partition coefficient (Wildman–Crippen LogP) is 2.38. The molecule has 1 aliphatic carbocycles. The highest BCUT2D eigenvalue weighted by atomic mass is 16.5. The molecule has 9 nitrogen and oxygen atoms in total. The van der Waals surface area contributed by atoms with Crippen LogP contribution in [0.25, 0.3) is 28.0 Å². The third kappa shape index (κ3) is 2.92. The second-order valence-corrected chi connectivity index (χ2v) is 8.25. The fourth-order valence-electron chi connectivity index (χ4n) is 4.75. The van der Waals surface area contributed by atoms with E-state index in [4.69, 9.17) is 15.5 Å². The van der Waals surface area contributed by atoms with Crippen molar-refractivity contribution in [3.8, 4) is 16.9 Å². The van der Waals surface area contributed by atoms with Gasteiger partial charge in [-0.05, 0) is 48.6 Å². The van der Waals surface area contributed by atoms with Gasteiger partial charge in [0.05, 0.1) is 37.3 Å². The van der Waals surface area contributed by atoms with Crippen LogP contribution in [-0.4, -0.2) is 55.7 Å². The van der Waals surface area contributed by atoms with E-state index in [1.165, 1.54) is 5.56 Å². The summed E-state index contributed by atoms with van der Waals surface area (Å²) in [6.45, 7) is 4.35. The number of nitrogens with one attached hydrogen (secondary N) is 1. The topological polar surface area (TPSA) is 111 Å². The minimum Gasteiger partial charge on any atom is -0.377 e. The summed E-state index contributed by atoms with van der Waals surface area (Å²) in [4.78, 5) is 11.9. The highest BCUT2D eigenvalue weighted by molar-refractivity contribution is 5.96. The van der Waals surface area contributed by atoms with Crippen molar-refractivity contribution < 1.29 is 4.74 Å². The molecule has 0 radical (unpaired) electrons. The van der Waals surface area contributed by atoms with Gasteiger partial charge in [-0.2, -0.15) is 14.9 Å². The Morgan fingerprint density at radius 1 is 1.23 bits per heavy atom. The summed E-state index contributed by atoms with van der Waals surface area (Å²) in [6, 6.07) is 6.40. The number of H-pyrrole nitrogens is 1. The molecule has 1 unspecified atom stereocenters. The van der Waals surface area contributed by atoms with Crippen molar-refractivity contribution in [1.29, 1.82) is 0 Å². The van der Waals surface area contributed by atoms with Gasteiger partial charge in [-0.1, -0.05) is 0 Å². The second kappa shape index (κ2) is 7.14. The Morgan fingerprint density at radius 3 is 3.00 bits per heavy atom. The second-order valence-electron chi connectivity index (χ2n) is 8.25. The lowest BCUT2D eigenvalue weighted by Crippen LogP contribution is -2.44. The van der Waals surface area contributed by atoms with Gasteiger partial charge in [0.2, 0.25) is 0 Å². The summed E-state index contributed by atoms with van der Waals surface area (Å²) in [5.41, 5.74) is 11.6. The quantitative estimate of drug-likeness (QED) is 0.527. The van der Waals surface area contributed by atoms with Crippen LogP contribution in [0.15, 0.2) is 36.8 Å². The molecule has 31 heavy (non-hydrogen) atoms. The van der Waals surface area contributed by atoms with Gasteiger partial charge >= 0.3 is 0 Å². The molecule has 0 amide bonds. The number of aromatic nitrogens is 6. The van der Waals surface area contributed by atoms with E-state index >= 15 is 0 Å². The van der Waals surface area contributed by atoms with E-state index in [0.717, 1.165) is 58.9 Å². The van der Waals surface area contributed by atoms with Crippen molar-refractivity contribution in [3.63, 3.8) is 0 Å². The van der Waals surface area contributed by atoms with Crippen molar-refractivity contribution in [2.45, 2.75) is 31.8 Å². The van der Waals surface area contributed by atoms with E-state index in [9.17, 15) is 0 Å². The van der Waals surface area contributed by atoms with Crippen LogP contribution in [0.5, 0.6) is 0 Å². The maximum atomic E-state index is 6.31. The zero-order valence-electron chi connectivity index (χ0n) is 17.3. The Morgan fingerprint density at radius 2 is 2.16 bits per heavy atom. The van der Waals surface area contributed by atoms with Gasteiger partial charge in [0.15, 0.2) is 11.5 Å². The molecule has 9 heteroatoms. The van der Waals surface area contributed by atoms with E-state index in [0.29, 0.717) is 13.2 Å². The molecule has 3 N–H and O–H groups in total. The summed E-state index contributed by atoms with van der Waals surface area (Å²) in [5, 5.41) is 12.7. The largest absolute Gasteiger partial charge is 0.377 e. The highest BCUT2D eigenvalue weighted by Gasteiger charge is 2.27. The van der Waals surface area contributed by atoms with Crippen LogP contribution in [0.1, 0.15) is 30.6 Å². The van der Waals surface area contributed by atoms with Crippen molar-refractivity contribution in [3.05, 3.63) is 48.0 Å². The third-order valence-electron chi connectivity index (χ3n) is 6.34. The maximum absolute atomic E-state index is 6.31. The van der Waals surface area contributed by atoms with Crippen molar-refractivity contribution >= 4 is 16.9 Å². The van der Waals surface area contributed by atoms with Gasteiger partial charge in [-0.3, -0.25) is 10.1 Å². The molecule has 4 aromatic heterocycles. The Hall–Kier alpha value is -3.30. The van der Waals surface area contributed by atoms with Crippen LogP contribution < -0.4 is 10.6 Å². The lowest BCUT2D eigenvalue weighted by atomic mass is 9.98. The first-order chi connectivity index (χ1) is 15.2. The van der Waals surface area contributed by atoms with Crippen LogP contribution in [0.2, 0.25) is 0 Å². The fourth-order valence-corrected chi connectivity index (χ4v) is 4.75. The average Bonchev–Trinajstić information content (AvgIpc) is 3.53. The smallest absolute Gasteiger partial charge is 0.167 e. The number of ether oxygens (including phenoxy) is 1. The van der Waals surface area contributed by atoms with Crippen LogP contribution >= 0.6 is 0 Å². The molecule has 1 fully saturated rings. The molecule has 0 spiro atoms. The molecule has 6 rings (SSSR count). The SMILES string of the molecule is C[C@@H]1COCCN1c1cc(-c2ccnc3c2CCC3N)c2cnn(-c3ccn[nH]3)c2n1. The van der Waals surface area contributed by atoms with E-state index in [1.54, 1.807) is 6.20 Å². The number of morpholine rings is 1. The standard InChI is InChI=1S/C22H24N8O/c1-13-12-31-9-8-29(13)20-10-16(14-4-6-24-21-15(14)2-3-18(21)23)17-11-26-30(22(17)27-20)19-5-7-25-28-19/h4-7,10-11,13,18H,2-3,8-9,12,23H2,1H3,(H,25,28)/t13-,18?/m1/s1. The zero-order chi connectivity index (χ0) is 20.9. The first-order valence-corrected chi connectivity index (χ1v) is 10.7. The molecule has 0 saturated carbocycles. The van der Waals surface area contributed by atoms with E-state index in [-0.39, 0.29) is 12.1 Å². The first kappa shape index (κ1) is 18.5. The summed E-state index contributed by atoms with van der Waals surface area (Å²) in [5.74, 6) is 1.70. The number of rotatable bonds is 3. The van der Waals surface area contributed by atoms with Crippen LogP contribution in [0.4, 0.5) is 5.82 Å². The van der Waals surface area contributed by atoms with Gasteiger partial charge in [0.25, 0.3) is 0 Å². The van der Waals surface area contributed by atoms with Gasteiger partial charge in [-0.25, -0.2) is 4.98 Å². The molecule has 0 aromatic carbocycles. The molecular weight excluding hydrogens is 392 g/mol. The molecule has 4 aromatic rings. The molecule has 2 aliphatic rings. The minimum absolute atomic E-state index is 0.00118.